The van der Waals surface area contributed by atoms with Crippen molar-refractivity contribution in [3.63, 3.8) is 0 Å². The first-order valence-corrected chi connectivity index (χ1v) is 27.9. The van der Waals surface area contributed by atoms with E-state index in [0.29, 0.717) is 12.8 Å². The number of esters is 2. The van der Waals surface area contributed by atoms with E-state index in [-0.39, 0.29) is 12.8 Å². The fourth-order valence-electron chi connectivity index (χ4n) is 7.65. The summed E-state index contributed by atoms with van der Waals surface area (Å²) in [6.07, 6.45) is 25.6. The van der Waals surface area contributed by atoms with Gasteiger partial charge in [-0.15, -0.1) is 0 Å². The average Bonchev–Trinajstić information content (AvgIpc) is 3.26. The Hall–Kier alpha value is -1.52. The van der Waals surface area contributed by atoms with Gasteiger partial charge in [0.2, 0.25) is 0 Å². The van der Waals surface area contributed by atoms with Crippen LogP contribution in [0, 0.1) is 0 Å². The number of rotatable bonds is 42. The van der Waals surface area contributed by atoms with Crippen molar-refractivity contribution in [2.75, 3.05) is 13.2 Å². The second-order valence-corrected chi connectivity index (χ2v) is 20.1. The van der Waals surface area contributed by atoms with Crippen molar-refractivity contribution < 1.29 is 76.9 Å². The topological polar surface area (TPSA) is 256 Å². The number of ether oxygens (including phenoxy) is 2. The van der Waals surface area contributed by atoms with Gasteiger partial charge in [0.05, 0.1) is 6.61 Å². The molecule has 0 spiro atoms. The molecule has 8 atom stereocenters. The Bertz CT molecular complexity index is 1360. The zero-order valence-corrected chi connectivity index (χ0v) is 41.5. The van der Waals surface area contributed by atoms with E-state index >= 15 is 0 Å². The number of phosphoric ester groups is 2. The molecule has 0 aromatic heterocycles. The van der Waals surface area contributed by atoms with Gasteiger partial charge >= 0.3 is 27.6 Å². The van der Waals surface area contributed by atoms with Crippen molar-refractivity contribution in [3.05, 3.63) is 24.3 Å². The second-order valence-electron chi connectivity index (χ2n) is 17.5. The number of carbonyl (C=O) groups is 2. The zero-order chi connectivity index (χ0) is 48.2. The number of phosphoric acid groups is 2. The lowest BCUT2D eigenvalue weighted by molar-refractivity contribution is -0.216. The summed E-state index contributed by atoms with van der Waals surface area (Å²) in [5.74, 6) is -1.20. The summed E-state index contributed by atoms with van der Waals surface area (Å²) in [6, 6.07) is 0. The number of hydrogen-bond acceptors (Lipinski definition) is 13. The third-order valence-corrected chi connectivity index (χ3v) is 13.0. The number of allylic oxidation sites excluding steroid dienone is 4. The molecule has 1 aliphatic carbocycles. The molecule has 16 nitrogen and oxygen atoms in total. The summed E-state index contributed by atoms with van der Waals surface area (Å²) >= 11 is 0. The molecular weight excluding hydrogens is 882 g/mol. The molecule has 1 fully saturated rings. The van der Waals surface area contributed by atoms with E-state index in [1.54, 1.807) is 0 Å². The summed E-state index contributed by atoms with van der Waals surface area (Å²) in [7, 11) is -10.7. The molecule has 0 aromatic carbocycles. The molecule has 0 aliphatic heterocycles. The second kappa shape index (κ2) is 38.3. The molecule has 0 amide bonds. The van der Waals surface area contributed by atoms with E-state index in [0.717, 1.165) is 70.6 Å². The van der Waals surface area contributed by atoms with Gasteiger partial charge in [-0.1, -0.05) is 173 Å². The van der Waals surface area contributed by atoms with Crippen LogP contribution in [0.5, 0.6) is 0 Å². The molecule has 5 unspecified atom stereocenters. The Balaban J connectivity index is 2.55. The molecule has 0 radical (unpaired) electrons. The molecule has 1 rings (SSSR count). The molecule has 18 heteroatoms. The maximum atomic E-state index is 13.0. The predicted molar refractivity (Wildman–Crippen MR) is 251 cm³/mol. The maximum absolute atomic E-state index is 13.0. The van der Waals surface area contributed by atoms with E-state index in [1.807, 2.05) is 0 Å². The maximum Gasteiger partial charge on any atom is 0.472 e. The highest BCUT2D eigenvalue weighted by atomic mass is 31.2. The number of carbonyl (C=O) groups excluding carboxylic acids is 2. The smallest absolute Gasteiger partial charge is 0.462 e. The SMILES string of the molecule is CCCCCC=CCC=CCCCCCCCCCCCC(=O)O[C@H](COC(=O)CCCCCCCCCCCCCCC)COP(=O)(O)O[C@H]1C(O)C(O)C(O)[C@@H](OP(=O)(O)O)C1O. The summed E-state index contributed by atoms with van der Waals surface area (Å²) in [5.41, 5.74) is 0. The van der Waals surface area contributed by atoms with Crippen LogP contribution >= 0.6 is 15.6 Å². The van der Waals surface area contributed by atoms with E-state index in [1.165, 1.54) is 96.3 Å². The number of aliphatic hydroxyl groups is 4. The van der Waals surface area contributed by atoms with Crippen LogP contribution in [0.25, 0.3) is 0 Å². The number of aliphatic hydroxyl groups excluding tert-OH is 4. The van der Waals surface area contributed by atoms with Gasteiger partial charge in [0.25, 0.3) is 0 Å². The highest BCUT2D eigenvalue weighted by molar-refractivity contribution is 7.47. The standard InChI is InChI=1S/C47H88O16P2/c1-3-5-7-9-11-13-15-17-18-19-20-21-22-24-26-28-30-32-34-36-41(49)61-39(37-59-40(48)35-33-31-29-27-25-23-16-14-12-10-8-6-4-2)38-60-65(57,58)63-47-44(52)42(50)43(51)46(45(47)53)62-64(54,55)56/h11,13,17-18,39,42-47,50-53H,3-10,12,14-16,19-38H2,1-2H3,(H,57,58)(H2,54,55,56)/t39-,42?,43?,44?,45?,46-,47+/m1/s1. The molecule has 0 aromatic rings. The Morgan fingerprint density at radius 2 is 0.892 bits per heavy atom. The average molecular weight is 971 g/mol. The molecule has 65 heavy (non-hydrogen) atoms. The first-order valence-electron chi connectivity index (χ1n) is 24.9. The summed E-state index contributed by atoms with van der Waals surface area (Å²) < 4.78 is 49.4. The van der Waals surface area contributed by atoms with Crippen LogP contribution in [0.3, 0.4) is 0 Å². The van der Waals surface area contributed by atoms with Crippen molar-refractivity contribution in [2.24, 2.45) is 0 Å². The van der Waals surface area contributed by atoms with Gasteiger partial charge in [0, 0.05) is 12.8 Å². The summed E-state index contributed by atoms with van der Waals surface area (Å²) in [4.78, 5) is 54.3. The quantitative estimate of drug-likeness (QED) is 0.0130. The Morgan fingerprint density at radius 3 is 1.37 bits per heavy atom. The molecule has 0 heterocycles. The zero-order valence-electron chi connectivity index (χ0n) is 39.7. The van der Waals surface area contributed by atoms with Crippen LogP contribution in [0.4, 0.5) is 0 Å². The van der Waals surface area contributed by atoms with Gasteiger partial charge in [-0.25, -0.2) is 9.13 Å². The van der Waals surface area contributed by atoms with Crippen LogP contribution in [0.2, 0.25) is 0 Å². The molecule has 1 aliphatic rings. The van der Waals surface area contributed by atoms with E-state index in [9.17, 15) is 53.8 Å². The van der Waals surface area contributed by atoms with E-state index in [4.69, 9.17) is 18.5 Å². The Labute approximate surface area is 390 Å². The minimum atomic E-state index is -5.36. The van der Waals surface area contributed by atoms with E-state index < -0.39 is 83.5 Å². The van der Waals surface area contributed by atoms with Crippen molar-refractivity contribution in [2.45, 2.75) is 249 Å². The van der Waals surface area contributed by atoms with Crippen LogP contribution in [-0.2, 0) is 41.8 Å². The van der Waals surface area contributed by atoms with Crippen molar-refractivity contribution in [1.82, 2.24) is 0 Å². The van der Waals surface area contributed by atoms with Gasteiger partial charge in [-0.05, 0) is 44.9 Å². The highest BCUT2D eigenvalue weighted by Crippen LogP contribution is 2.49. The third-order valence-electron chi connectivity index (χ3n) is 11.5. The monoisotopic (exact) mass is 971 g/mol. The molecular formula is C47H88O16P2. The summed E-state index contributed by atoms with van der Waals surface area (Å²) in [5, 5.41) is 41.3. The number of unbranched alkanes of at least 4 members (excludes halogenated alkanes) is 24. The minimum absolute atomic E-state index is 0.0422. The van der Waals surface area contributed by atoms with Crippen molar-refractivity contribution in [3.8, 4) is 0 Å². The molecule has 0 saturated heterocycles. The molecule has 382 valence electrons. The van der Waals surface area contributed by atoms with Gasteiger partial charge in [-0.3, -0.25) is 23.2 Å². The largest absolute Gasteiger partial charge is 0.472 e. The van der Waals surface area contributed by atoms with Gasteiger partial charge in [-0.2, -0.15) is 0 Å². The fraction of sp³-hybridized carbons (Fsp3) is 0.872. The first kappa shape index (κ1) is 61.5. The van der Waals surface area contributed by atoms with Gasteiger partial charge in [0.1, 0.15) is 43.2 Å². The summed E-state index contributed by atoms with van der Waals surface area (Å²) in [6.45, 7) is 3.10. The molecule has 1 saturated carbocycles. The van der Waals surface area contributed by atoms with Crippen LogP contribution < -0.4 is 0 Å². The normalized spacial score (nSPS) is 21.8. The third kappa shape index (κ3) is 32.8. The van der Waals surface area contributed by atoms with E-state index in [2.05, 4.69) is 42.7 Å². The lowest BCUT2D eigenvalue weighted by Gasteiger charge is -2.43. The van der Waals surface area contributed by atoms with Crippen LogP contribution in [-0.4, -0.2) is 103 Å². The van der Waals surface area contributed by atoms with Crippen molar-refractivity contribution >= 4 is 27.6 Å². The predicted octanol–water partition coefficient (Wildman–Crippen LogP) is 9.73. The number of hydrogen-bond donors (Lipinski definition) is 7. The first-order chi connectivity index (χ1) is 31.1. The Kier molecular flexibility index (Phi) is 36.3. The van der Waals surface area contributed by atoms with Crippen molar-refractivity contribution in [1.29, 1.82) is 0 Å². The molecule has 7 N–H and O–H groups in total. The van der Waals surface area contributed by atoms with Crippen LogP contribution in [0.1, 0.15) is 206 Å². The van der Waals surface area contributed by atoms with Crippen LogP contribution in [0.15, 0.2) is 24.3 Å². The van der Waals surface area contributed by atoms with Gasteiger partial charge in [0.15, 0.2) is 6.10 Å². The van der Waals surface area contributed by atoms with Gasteiger partial charge < -0.3 is 44.6 Å². The lowest BCUT2D eigenvalue weighted by atomic mass is 9.85. The minimum Gasteiger partial charge on any atom is -0.462 e. The fourth-order valence-corrected chi connectivity index (χ4v) is 9.18. The highest BCUT2D eigenvalue weighted by Gasteiger charge is 2.54. The lowest BCUT2D eigenvalue weighted by Crippen LogP contribution is -2.64. The Morgan fingerprint density at radius 1 is 0.492 bits per heavy atom. The molecule has 0 bridgehead atoms.